The van der Waals surface area contributed by atoms with E-state index in [4.69, 9.17) is 21.7 Å². The van der Waals surface area contributed by atoms with Crippen molar-refractivity contribution in [2.24, 2.45) is 0 Å². The number of nitrogens with one attached hydrogen (secondary N) is 2. The number of hydrogen-bond acceptors (Lipinski definition) is 4. The molecule has 0 radical (unpaired) electrons. The molecule has 0 spiro atoms. The molecule has 0 bridgehead atoms. The number of rotatable bonds is 4. The van der Waals surface area contributed by atoms with Crippen molar-refractivity contribution >= 4 is 29.3 Å². The fourth-order valence-electron chi connectivity index (χ4n) is 1.70. The molecular weight excluding hydrogens is 264 g/mol. The van der Waals surface area contributed by atoms with Gasteiger partial charge >= 0.3 is 0 Å². The van der Waals surface area contributed by atoms with Crippen LogP contribution in [0.25, 0.3) is 6.08 Å². The molecule has 2 rings (SSSR count). The van der Waals surface area contributed by atoms with Crippen molar-refractivity contribution in [3.63, 3.8) is 0 Å². The van der Waals surface area contributed by atoms with Gasteiger partial charge in [0.1, 0.15) is 5.70 Å². The van der Waals surface area contributed by atoms with Crippen LogP contribution in [0.15, 0.2) is 23.9 Å². The van der Waals surface area contributed by atoms with E-state index >= 15 is 0 Å². The summed E-state index contributed by atoms with van der Waals surface area (Å²) in [6, 6.07) is 5.45. The lowest BCUT2D eigenvalue weighted by Crippen LogP contribution is -2.21. The summed E-state index contributed by atoms with van der Waals surface area (Å²) < 4.78 is 10.7. The van der Waals surface area contributed by atoms with Gasteiger partial charge in [0.15, 0.2) is 16.6 Å². The van der Waals surface area contributed by atoms with Gasteiger partial charge in [-0.25, -0.2) is 0 Å². The van der Waals surface area contributed by atoms with Crippen LogP contribution in [0.4, 0.5) is 0 Å². The third-order valence-corrected chi connectivity index (χ3v) is 2.72. The molecule has 1 saturated heterocycles. The average molecular weight is 278 g/mol. The lowest BCUT2D eigenvalue weighted by atomic mass is 10.1. The van der Waals surface area contributed by atoms with E-state index in [1.807, 2.05) is 13.0 Å². The predicted molar refractivity (Wildman–Crippen MR) is 76.0 cm³/mol. The second-order valence-electron chi connectivity index (χ2n) is 3.81. The quantitative estimate of drug-likeness (QED) is 0.644. The molecule has 0 saturated carbocycles. The molecule has 1 fully saturated rings. The van der Waals surface area contributed by atoms with Gasteiger partial charge in [0.25, 0.3) is 5.91 Å². The van der Waals surface area contributed by atoms with Crippen LogP contribution in [0, 0.1) is 0 Å². The lowest BCUT2D eigenvalue weighted by molar-refractivity contribution is -0.115. The van der Waals surface area contributed by atoms with E-state index < -0.39 is 0 Å². The van der Waals surface area contributed by atoms with E-state index in [-0.39, 0.29) is 5.91 Å². The molecule has 1 aliphatic rings. The highest BCUT2D eigenvalue weighted by Gasteiger charge is 2.20. The predicted octanol–water partition coefficient (Wildman–Crippen LogP) is 1.44. The van der Waals surface area contributed by atoms with E-state index in [2.05, 4.69) is 10.6 Å². The van der Waals surface area contributed by atoms with Crippen molar-refractivity contribution in [3.8, 4) is 11.5 Å². The first-order valence-electron chi connectivity index (χ1n) is 5.79. The highest BCUT2D eigenvalue weighted by atomic mass is 32.1. The van der Waals surface area contributed by atoms with Gasteiger partial charge in [0.2, 0.25) is 0 Å². The molecular formula is C13H14N2O3S. The summed E-state index contributed by atoms with van der Waals surface area (Å²) in [4.78, 5) is 11.5. The molecule has 1 amide bonds. The second kappa shape index (κ2) is 5.71. The van der Waals surface area contributed by atoms with Crippen molar-refractivity contribution in [2.45, 2.75) is 6.92 Å². The Kier molecular flexibility index (Phi) is 4.01. The minimum Gasteiger partial charge on any atom is -0.493 e. The van der Waals surface area contributed by atoms with Crippen LogP contribution in [0.3, 0.4) is 0 Å². The highest BCUT2D eigenvalue weighted by Crippen LogP contribution is 2.28. The molecule has 19 heavy (non-hydrogen) atoms. The monoisotopic (exact) mass is 278 g/mol. The maximum atomic E-state index is 11.5. The van der Waals surface area contributed by atoms with Gasteiger partial charge in [-0.2, -0.15) is 0 Å². The Labute approximate surface area is 116 Å². The smallest absolute Gasteiger partial charge is 0.273 e. The van der Waals surface area contributed by atoms with Crippen LogP contribution < -0.4 is 20.1 Å². The topological polar surface area (TPSA) is 59.6 Å². The molecule has 5 nitrogen and oxygen atoms in total. The van der Waals surface area contributed by atoms with Gasteiger partial charge in [-0.3, -0.25) is 10.1 Å². The zero-order valence-electron chi connectivity index (χ0n) is 10.6. The van der Waals surface area contributed by atoms with Gasteiger partial charge in [-0.1, -0.05) is 6.07 Å². The van der Waals surface area contributed by atoms with Crippen LogP contribution in [0.1, 0.15) is 12.5 Å². The maximum absolute atomic E-state index is 11.5. The summed E-state index contributed by atoms with van der Waals surface area (Å²) in [5, 5.41) is 5.61. The first kappa shape index (κ1) is 13.4. The fourth-order valence-corrected chi connectivity index (χ4v) is 1.90. The Bertz CT molecular complexity index is 555. The Morgan fingerprint density at radius 2 is 2.11 bits per heavy atom. The fraction of sp³-hybridized carbons (Fsp3) is 0.231. The Morgan fingerprint density at radius 1 is 1.32 bits per heavy atom. The summed E-state index contributed by atoms with van der Waals surface area (Å²) in [5.41, 5.74) is 1.24. The maximum Gasteiger partial charge on any atom is 0.273 e. The number of methoxy groups -OCH3 is 1. The second-order valence-corrected chi connectivity index (χ2v) is 4.22. The minimum absolute atomic E-state index is 0.238. The molecule has 0 aromatic heterocycles. The summed E-state index contributed by atoms with van der Waals surface area (Å²) in [6.07, 6.45) is 1.70. The van der Waals surface area contributed by atoms with E-state index in [9.17, 15) is 4.79 Å². The van der Waals surface area contributed by atoms with E-state index in [1.54, 1.807) is 25.3 Å². The van der Waals surface area contributed by atoms with Crippen LogP contribution in [0.2, 0.25) is 0 Å². The number of thiocarbonyl (C=S) groups is 1. The summed E-state index contributed by atoms with van der Waals surface area (Å²) in [5.74, 6) is 1.06. The zero-order valence-corrected chi connectivity index (χ0v) is 11.5. The minimum atomic E-state index is -0.238. The number of hydrogen-bond donors (Lipinski definition) is 2. The number of ether oxygens (including phenoxy) is 2. The summed E-state index contributed by atoms with van der Waals surface area (Å²) >= 11 is 4.86. The molecule has 0 aliphatic carbocycles. The summed E-state index contributed by atoms with van der Waals surface area (Å²) in [6.45, 7) is 2.47. The average Bonchev–Trinajstić information content (AvgIpc) is 2.70. The molecule has 1 aromatic rings. The normalized spacial score (nSPS) is 16.2. The van der Waals surface area contributed by atoms with Crippen LogP contribution in [-0.2, 0) is 4.79 Å². The first-order chi connectivity index (χ1) is 9.13. The van der Waals surface area contributed by atoms with Crippen molar-refractivity contribution in [3.05, 3.63) is 29.5 Å². The van der Waals surface area contributed by atoms with Gasteiger partial charge in [-0.05, 0) is 42.9 Å². The number of amides is 1. The van der Waals surface area contributed by atoms with Crippen molar-refractivity contribution in [1.29, 1.82) is 0 Å². The van der Waals surface area contributed by atoms with Crippen molar-refractivity contribution < 1.29 is 14.3 Å². The number of benzene rings is 1. The molecule has 1 aromatic carbocycles. The van der Waals surface area contributed by atoms with Gasteiger partial charge in [0.05, 0.1) is 13.7 Å². The molecule has 0 unspecified atom stereocenters. The van der Waals surface area contributed by atoms with Gasteiger partial charge in [-0.15, -0.1) is 0 Å². The highest BCUT2D eigenvalue weighted by molar-refractivity contribution is 7.80. The molecule has 6 heteroatoms. The molecule has 1 heterocycles. The largest absolute Gasteiger partial charge is 0.493 e. The Hall–Kier alpha value is -2.08. The molecule has 1 aliphatic heterocycles. The Morgan fingerprint density at radius 3 is 2.68 bits per heavy atom. The Balaban J connectivity index is 2.29. The molecule has 100 valence electrons. The van der Waals surface area contributed by atoms with Crippen molar-refractivity contribution in [1.82, 2.24) is 10.6 Å². The van der Waals surface area contributed by atoms with Gasteiger partial charge in [0, 0.05) is 0 Å². The third-order valence-electron chi connectivity index (χ3n) is 2.52. The molecule has 2 N–H and O–H groups in total. The first-order valence-corrected chi connectivity index (χ1v) is 6.19. The van der Waals surface area contributed by atoms with Crippen LogP contribution >= 0.6 is 12.2 Å². The third kappa shape index (κ3) is 3.03. The van der Waals surface area contributed by atoms with Crippen LogP contribution in [0.5, 0.6) is 11.5 Å². The van der Waals surface area contributed by atoms with Crippen molar-refractivity contribution in [2.75, 3.05) is 13.7 Å². The van der Waals surface area contributed by atoms with E-state index in [1.165, 1.54) is 0 Å². The summed E-state index contributed by atoms with van der Waals surface area (Å²) in [7, 11) is 1.57. The van der Waals surface area contributed by atoms with Crippen LogP contribution in [-0.4, -0.2) is 24.7 Å². The van der Waals surface area contributed by atoms with Gasteiger partial charge < -0.3 is 14.8 Å². The number of carbonyl (C=O) groups excluding carboxylic acids is 1. The molecule has 0 atom stereocenters. The SMILES string of the molecule is CCOc1ccc(/C=C2\NC(=S)NC2=O)cc1OC. The zero-order chi connectivity index (χ0) is 13.8. The lowest BCUT2D eigenvalue weighted by Gasteiger charge is -2.09. The van der Waals surface area contributed by atoms with E-state index in [0.29, 0.717) is 28.9 Å². The standard InChI is InChI=1S/C13H14N2O3S/c1-3-18-10-5-4-8(7-11(10)17-2)6-9-12(16)15-13(19)14-9/h4-7H,3H2,1-2H3,(H2,14,15,16,19)/b9-6-. The van der Waals surface area contributed by atoms with E-state index in [0.717, 1.165) is 5.56 Å². The number of carbonyl (C=O) groups is 1.